The van der Waals surface area contributed by atoms with E-state index < -0.39 is 6.10 Å². The number of carbonyl (C=O) groups excluding carboxylic acids is 2. The maximum absolute atomic E-state index is 13.1. The summed E-state index contributed by atoms with van der Waals surface area (Å²) in [6.45, 7) is 6.69. The molecule has 35 heavy (non-hydrogen) atoms. The van der Waals surface area contributed by atoms with Crippen LogP contribution in [0.25, 0.3) is 0 Å². The van der Waals surface area contributed by atoms with Crippen LogP contribution in [0, 0.1) is 29.1 Å². The van der Waals surface area contributed by atoms with Crippen molar-refractivity contribution in [2.45, 2.75) is 65.1 Å². The van der Waals surface area contributed by atoms with Gasteiger partial charge in [-0.1, -0.05) is 26.8 Å². The first kappa shape index (κ1) is 27.3. The second-order valence-corrected chi connectivity index (χ2v) is 10.6. The van der Waals surface area contributed by atoms with Crippen LogP contribution in [0.4, 0.5) is 0 Å². The fourth-order valence-corrected chi connectivity index (χ4v) is 6.41. The van der Waals surface area contributed by atoms with Crippen molar-refractivity contribution in [1.29, 1.82) is 0 Å². The Bertz CT molecular complexity index is 892. The molecule has 2 amide bonds. The van der Waals surface area contributed by atoms with E-state index in [4.69, 9.17) is 14.2 Å². The first-order valence-electron chi connectivity index (χ1n) is 12.6. The fraction of sp³-hybridized carbons (Fsp3) is 0.704. The molecular formula is C27H42N2O6. The van der Waals surface area contributed by atoms with Gasteiger partial charge in [-0.2, -0.15) is 0 Å². The number of aliphatic hydroxyl groups is 1. The van der Waals surface area contributed by atoms with E-state index in [1.54, 1.807) is 14.2 Å². The van der Waals surface area contributed by atoms with Crippen molar-refractivity contribution in [2.24, 2.45) is 29.1 Å². The maximum Gasteiger partial charge on any atom is 0.246 e. The van der Waals surface area contributed by atoms with Crippen LogP contribution in [-0.4, -0.2) is 57.0 Å². The van der Waals surface area contributed by atoms with Gasteiger partial charge in [0.15, 0.2) is 11.5 Å². The molecule has 2 aliphatic carbocycles. The Morgan fingerprint density at radius 1 is 1.14 bits per heavy atom. The van der Waals surface area contributed by atoms with Crippen molar-refractivity contribution >= 4 is 11.8 Å². The van der Waals surface area contributed by atoms with Gasteiger partial charge >= 0.3 is 0 Å². The quantitative estimate of drug-likeness (QED) is 0.492. The number of benzene rings is 1. The number of aliphatic hydroxyl groups excluding tert-OH is 1. The average molecular weight is 491 g/mol. The van der Waals surface area contributed by atoms with Gasteiger partial charge in [0.2, 0.25) is 11.8 Å². The lowest BCUT2D eigenvalue weighted by Crippen LogP contribution is -2.58. The van der Waals surface area contributed by atoms with Crippen LogP contribution in [0.2, 0.25) is 0 Å². The van der Waals surface area contributed by atoms with Gasteiger partial charge in [-0.15, -0.1) is 0 Å². The number of amides is 2. The van der Waals surface area contributed by atoms with Crippen LogP contribution < -0.4 is 20.1 Å². The van der Waals surface area contributed by atoms with E-state index in [9.17, 15) is 14.7 Å². The lowest BCUT2D eigenvalue weighted by molar-refractivity contribution is -0.144. The predicted octanol–water partition coefficient (Wildman–Crippen LogP) is 2.91. The Morgan fingerprint density at radius 2 is 1.83 bits per heavy atom. The lowest BCUT2D eigenvalue weighted by Gasteiger charge is -2.56. The van der Waals surface area contributed by atoms with E-state index in [-0.39, 0.29) is 53.5 Å². The number of fused-ring (bicyclic) bond motifs is 1. The lowest BCUT2D eigenvalue weighted by atomic mass is 9.51. The van der Waals surface area contributed by atoms with Gasteiger partial charge in [-0.05, 0) is 66.5 Å². The Labute approximate surface area is 209 Å². The molecule has 0 spiro atoms. The predicted molar refractivity (Wildman–Crippen MR) is 133 cm³/mol. The van der Waals surface area contributed by atoms with Gasteiger partial charge < -0.3 is 30.0 Å². The van der Waals surface area contributed by atoms with E-state index in [1.165, 1.54) is 7.11 Å². The van der Waals surface area contributed by atoms with Crippen LogP contribution in [0.15, 0.2) is 18.2 Å². The first-order valence-corrected chi connectivity index (χ1v) is 12.6. The van der Waals surface area contributed by atoms with Gasteiger partial charge in [-0.3, -0.25) is 9.59 Å². The van der Waals surface area contributed by atoms with Gasteiger partial charge in [0.25, 0.3) is 0 Å². The van der Waals surface area contributed by atoms with Crippen LogP contribution in [0.5, 0.6) is 11.5 Å². The van der Waals surface area contributed by atoms with E-state index in [2.05, 4.69) is 24.5 Å². The van der Waals surface area contributed by atoms with Crippen LogP contribution >= 0.6 is 0 Å². The van der Waals surface area contributed by atoms with E-state index in [1.807, 2.05) is 25.1 Å². The minimum atomic E-state index is -0.604. The average Bonchev–Trinajstić information content (AvgIpc) is 2.84. The number of ether oxygens (including phenoxy) is 3. The summed E-state index contributed by atoms with van der Waals surface area (Å²) in [7, 11) is 4.68. The highest BCUT2D eigenvalue weighted by Crippen LogP contribution is 2.55. The summed E-state index contributed by atoms with van der Waals surface area (Å²) in [6, 6.07) is 5.57. The molecular weight excluding hydrogens is 448 g/mol. The number of hydrogen-bond acceptors (Lipinski definition) is 6. The Morgan fingerprint density at radius 3 is 2.49 bits per heavy atom. The number of carbonyl (C=O) groups is 2. The third-order valence-electron chi connectivity index (χ3n) is 8.48. The molecule has 1 aromatic rings. The largest absolute Gasteiger partial charge is 0.493 e. The van der Waals surface area contributed by atoms with E-state index >= 15 is 0 Å². The summed E-state index contributed by atoms with van der Waals surface area (Å²) in [5.41, 5.74) is 0.920. The summed E-state index contributed by atoms with van der Waals surface area (Å²) < 4.78 is 15.6. The Kier molecular flexibility index (Phi) is 9.05. The van der Waals surface area contributed by atoms with Crippen molar-refractivity contribution in [3.8, 4) is 11.5 Å². The van der Waals surface area contributed by atoms with Crippen LogP contribution in [-0.2, 0) is 20.9 Å². The molecule has 0 aromatic heterocycles. The zero-order chi connectivity index (χ0) is 25.8. The number of methoxy groups -OCH3 is 3. The van der Waals surface area contributed by atoms with Crippen LogP contribution in [0.3, 0.4) is 0 Å². The fourth-order valence-electron chi connectivity index (χ4n) is 6.41. The molecule has 0 radical (unpaired) electrons. The molecule has 2 saturated carbocycles. The Balaban J connectivity index is 1.65. The Hall–Kier alpha value is -2.32. The normalized spacial score (nSPS) is 31.1. The topological polar surface area (TPSA) is 106 Å². The van der Waals surface area contributed by atoms with Crippen molar-refractivity contribution in [1.82, 2.24) is 10.6 Å². The minimum absolute atomic E-state index is 0.00156. The number of hydrogen-bond donors (Lipinski definition) is 3. The zero-order valence-electron chi connectivity index (χ0n) is 21.9. The summed E-state index contributed by atoms with van der Waals surface area (Å²) in [6.07, 6.45) is 3.02. The molecule has 0 saturated heterocycles. The molecule has 196 valence electrons. The van der Waals surface area contributed by atoms with Crippen molar-refractivity contribution in [2.75, 3.05) is 27.9 Å². The molecule has 7 atom stereocenters. The van der Waals surface area contributed by atoms with E-state index in [0.717, 1.165) is 31.2 Å². The molecule has 1 aromatic carbocycles. The van der Waals surface area contributed by atoms with Gasteiger partial charge in [0, 0.05) is 25.6 Å². The third kappa shape index (κ3) is 5.92. The molecule has 0 heterocycles. The second kappa shape index (κ2) is 11.6. The SMILES string of the molecule is COCC(=O)N[C@H]1CC[C@@]2(C)CC[C@H]([C@H](C)C(=O)NCc3ccc(OC)c(OC)c3)[C@H](O)[C@H]2[C@H]1C. The van der Waals surface area contributed by atoms with Gasteiger partial charge in [0.1, 0.15) is 6.61 Å². The molecule has 8 heteroatoms. The molecule has 3 rings (SSSR count). The van der Waals surface area contributed by atoms with Crippen molar-refractivity contribution in [3.63, 3.8) is 0 Å². The first-order chi connectivity index (χ1) is 16.6. The third-order valence-corrected chi connectivity index (χ3v) is 8.48. The molecule has 3 N–H and O–H groups in total. The van der Waals surface area contributed by atoms with Crippen molar-refractivity contribution in [3.05, 3.63) is 23.8 Å². The molecule has 2 fully saturated rings. The molecule has 0 aliphatic heterocycles. The highest BCUT2D eigenvalue weighted by molar-refractivity contribution is 5.79. The number of nitrogens with one attached hydrogen (secondary N) is 2. The summed E-state index contributed by atoms with van der Waals surface area (Å²) in [5.74, 6) is 0.729. The maximum atomic E-state index is 13.1. The van der Waals surface area contributed by atoms with E-state index in [0.29, 0.717) is 18.0 Å². The molecule has 0 unspecified atom stereocenters. The smallest absolute Gasteiger partial charge is 0.246 e. The highest BCUT2D eigenvalue weighted by atomic mass is 16.5. The minimum Gasteiger partial charge on any atom is -0.493 e. The summed E-state index contributed by atoms with van der Waals surface area (Å²) in [5, 5.41) is 17.7. The molecule has 0 bridgehead atoms. The van der Waals surface area contributed by atoms with Crippen LogP contribution in [0.1, 0.15) is 52.0 Å². The van der Waals surface area contributed by atoms with Gasteiger partial charge in [-0.25, -0.2) is 0 Å². The monoisotopic (exact) mass is 490 g/mol. The summed E-state index contributed by atoms with van der Waals surface area (Å²) in [4.78, 5) is 25.2. The molecule has 2 aliphatic rings. The summed E-state index contributed by atoms with van der Waals surface area (Å²) >= 11 is 0. The van der Waals surface area contributed by atoms with Crippen molar-refractivity contribution < 1.29 is 28.9 Å². The molecule has 8 nitrogen and oxygen atoms in total. The number of rotatable bonds is 9. The standard InChI is InChI=1S/C27H42N2O6/c1-16(26(32)28-14-18-7-8-21(34-5)22(13-18)35-6)19-9-11-27(3)12-10-20(29-23(30)15-33-4)17(2)24(27)25(19)31/h7-8,13,16-17,19-20,24-25,31H,9-12,14-15H2,1-6H3,(H,28,32)(H,29,30)/t16-,17-,19+,20-,24+,25-,27+/m0/s1. The second-order valence-electron chi connectivity index (χ2n) is 10.6. The highest BCUT2D eigenvalue weighted by Gasteiger charge is 2.53. The zero-order valence-corrected chi connectivity index (χ0v) is 21.9. The van der Waals surface area contributed by atoms with Gasteiger partial charge in [0.05, 0.1) is 20.3 Å².